The molecule has 0 aliphatic carbocycles. The first-order valence-electron chi connectivity index (χ1n) is 8.38. The van der Waals surface area contributed by atoms with Crippen molar-refractivity contribution >= 4 is 22.0 Å². The van der Waals surface area contributed by atoms with E-state index in [9.17, 15) is 4.79 Å². The molecule has 2 aliphatic heterocycles. The highest BCUT2D eigenvalue weighted by Crippen LogP contribution is 2.45. The molecule has 0 bridgehead atoms. The number of rotatable bonds is 3. The first-order valence-corrected chi connectivity index (χ1v) is 9.18. The van der Waals surface area contributed by atoms with Gasteiger partial charge in [0.1, 0.15) is 11.4 Å². The van der Waals surface area contributed by atoms with Crippen LogP contribution in [-0.4, -0.2) is 33.6 Å². The van der Waals surface area contributed by atoms with Crippen molar-refractivity contribution in [1.82, 2.24) is 19.8 Å². The van der Waals surface area contributed by atoms with Gasteiger partial charge in [0.2, 0.25) is 0 Å². The van der Waals surface area contributed by atoms with Crippen LogP contribution in [0.3, 0.4) is 0 Å². The molecule has 1 spiro atoms. The molecule has 24 heavy (non-hydrogen) atoms. The van der Waals surface area contributed by atoms with Gasteiger partial charge >= 0.3 is 6.03 Å². The van der Waals surface area contributed by atoms with Gasteiger partial charge in [-0.25, -0.2) is 9.78 Å². The minimum atomic E-state index is -0.393. The van der Waals surface area contributed by atoms with Gasteiger partial charge in [-0.3, -0.25) is 9.47 Å². The summed E-state index contributed by atoms with van der Waals surface area (Å²) in [6.45, 7) is 11.7. The molecule has 2 aliphatic rings. The summed E-state index contributed by atoms with van der Waals surface area (Å²) in [5.41, 5.74) is 0.395. The lowest BCUT2D eigenvalue weighted by Gasteiger charge is -2.41. The minimum Gasteiger partial charge on any atom is -0.317 e. The van der Waals surface area contributed by atoms with Gasteiger partial charge in [-0.1, -0.05) is 32.6 Å². The first-order chi connectivity index (χ1) is 11.6. The maximum Gasteiger partial charge on any atom is 0.335 e. The summed E-state index contributed by atoms with van der Waals surface area (Å²) in [6, 6.07) is -0.0641. The molecule has 3 heterocycles. The van der Waals surface area contributed by atoms with E-state index in [0.29, 0.717) is 4.48 Å². The molecule has 1 aromatic rings. The number of carbonyl (C=O) groups excluding carboxylic acids is 1. The number of allylic oxidation sites excluding steroid dienone is 4. The number of hydrogen-bond donors (Lipinski definition) is 1. The molecule has 0 radical (unpaired) electrons. The SMILES string of the molecule is C=C(Br)/C(=C\C=C/C)N1C(=O)n2ccnc2C12CCNCC2.CC. The third-order valence-corrected chi connectivity index (χ3v) is 4.68. The number of hydrogen-bond acceptors (Lipinski definition) is 3. The van der Waals surface area contributed by atoms with Crippen molar-refractivity contribution in [2.45, 2.75) is 39.2 Å². The second-order valence-corrected chi connectivity index (χ2v) is 6.46. The summed E-state index contributed by atoms with van der Waals surface area (Å²) in [5, 5.41) is 3.36. The van der Waals surface area contributed by atoms with Crippen molar-refractivity contribution in [1.29, 1.82) is 0 Å². The largest absolute Gasteiger partial charge is 0.335 e. The molecule has 0 saturated carbocycles. The Balaban J connectivity index is 0.00000100. The van der Waals surface area contributed by atoms with Crippen molar-refractivity contribution in [3.8, 4) is 0 Å². The van der Waals surface area contributed by atoms with Gasteiger partial charge in [0.05, 0.1) is 5.70 Å². The van der Waals surface area contributed by atoms with Gasteiger partial charge in [0.25, 0.3) is 0 Å². The van der Waals surface area contributed by atoms with Crippen LogP contribution in [-0.2, 0) is 5.54 Å². The fraction of sp³-hybridized carbons (Fsp3) is 0.444. The van der Waals surface area contributed by atoms with E-state index in [1.165, 1.54) is 0 Å². The summed E-state index contributed by atoms with van der Waals surface area (Å²) in [6.07, 6.45) is 10.9. The monoisotopic (exact) mass is 392 g/mol. The summed E-state index contributed by atoms with van der Waals surface area (Å²) >= 11 is 3.46. The third-order valence-electron chi connectivity index (χ3n) is 4.28. The fourth-order valence-electron chi connectivity index (χ4n) is 3.29. The van der Waals surface area contributed by atoms with E-state index < -0.39 is 5.54 Å². The van der Waals surface area contributed by atoms with E-state index in [1.807, 2.05) is 43.9 Å². The minimum absolute atomic E-state index is 0.0641. The number of amides is 1. The Labute approximate surface area is 152 Å². The number of imidazole rings is 1. The molecule has 1 aromatic heterocycles. The maximum absolute atomic E-state index is 12.9. The van der Waals surface area contributed by atoms with Crippen LogP contribution < -0.4 is 5.32 Å². The van der Waals surface area contributed by atoms with Crippen LogP contribution in [0.2, 0.25) is 0 Å². The highest BCUT2D eigenvalue weighted by Gasteiger charge is 2.53. The molecule has 3 rings (SSSR count). The molecule has 6 heteroatoms. The molecule has 1 saturated heterocycles. The van der Waals surface area contributed by atoms with Gasteiger partial charge in [-0.2, -0.15) is 0 Å². The lowest BCUT2D eigenvalue weighted by molar-refractivity contribution is 0.132. The highest BCUT2D eigenvalue weighted by atomic mass is 79.9. The van der Waals surface area contributed by atoms with Crippen molar-refractivity contribution in [2.24, 2.45) is 0 Å². The van der Waals surface area contributed by atoms with Gasteiger partial charge in [0, 0.05) is 16.9 Å². The van der Waals surface area contributed by atoms with Crippen LogP contribution in [0.5, 0.6) is 0 Å². The van der Waals surface area contributed by atoms with Crippen molar-refractivity contribution in [3.63, 3.8) is 0 Å². The van der Waals surface area contributed by atoms with Gasteiger partial charge in [0.15, 0.2) is 0 Å². The van der Waals surface area contributed by atoms with Crippen molar-refractivity contribution in [2.75, 3.05) is 13.1 Å². The summed E-state index contributed by atoms with van der Waals surface area (Å²) in [4.78, 5) is 19.3. The van der Waals surface area contributed by atoms with Gasteiger partial charge in [-0.15, -0.1) is 0 Å². The molecule has 1 fully saturated rings. The fourth-order valence-corrected chi connectivity index (χ4v) is 3.60. The second kappa shape index (κ2) is 7.94. The summed E-state index contributed by atoms with van der Waals surface area (Å²) in [7, 11) is 0. The first kappa shape index (κ1) is 18.7. The van der Waals surface area contributed by atoms with Gasteiger partial charge in [-0.05, 0) is 54.9 Å². The Morgan fingerprint density at radius 1 is 1.42 bits per heavy atom. The van der Waals surface area contributed by atoms with Crippen molar-refractivity contribution < 1.29 is 4.79 Å². The lowest BCUT2D eigenvalue weighted by Crippen LogP contribution is -2.50. The molecule has 0 unspecified atom stereocenters. The quantitative estimate of drug-likeness (QED) is 0.786. The maximum atomic E-state index is 12.9. The lowest BCUT2D eigenvalue weighted by atomic mass is 9.86. The standard InChI is InChI=1S/C16H19BrN4O.C2H6/c1-3-4-5-13(12(2)17)21-15(22)20-11-10-19-14(20)16(21)6-8-18-9-7-16;1-2/h3-5,10-11,18H,2,6-9H2,1H3;1-2H3/b4-3-,13-5+;. The predicted molar refractivity (Wildman–Crippen MR) is 101 cm³/mol. The number of carbonyl (C=O) groups is 1. The van der Waals surface area contributed by atoms with Crippen LogP contribution in [0.4, 0.5) is 4.79 Å². The zero-order chi connectivity index (χ0) is 17.7. The average Bonchev–Trinajstić information content (AvgIpc) is 3.16. The number of aromatic nitrogens is 2. The van der Waals surface area contributed by atoms with Crippen molar-refractivity contribution in [3.05, 3.63) is 53.2 Å². The topological polar surface area (TPSA) is 50.2 Å². The van der Waals surface area contributed by atoms with E-state index in [1.54, 1.807) is 17.0 Å². The summed E-state index contributed by atoms with van der Waals surface area (Å²) < 4.78 is 2.35. The number of halogens is 1. The second-order valence-electron chi connectivity index (χ2n) is 5.50. The number of nitrogens with zero attached hydrogens (tertiary/aromatic N) is 3. The van der Waals surface area contributed by atoms with E-state index in [2.05, 4.69) is 32.8 Å². The van der Waals surface area contributed by atoms with E-state index in [-0.39, 0.29) is 6.03 Å². The molecule has 130 valence electrons. The molecular weight excluding hydrogens is 368 g/mol. The third kappa shape index (κ3) is 3.00. The highest BCUT2D eigenvalue weighted by molar-refractivity contribution is 9.11. The molecule has 0 atom stereocenters. The van der Waals surface area contributed by atoms with E-state index in [0.717, 1.165) is 37.5 Å². The molecule has 0 aromatic carbocycles. The Morgan fingerprint density at radius 2 is 2.08 bits per heavy atom. The van der Waals surface area contributed by atoms with Crippen LogP contribution in [0.25, 0.3) is 0 Å². The smallest absolute Gasteiger partial charge is 0.317 e. The Hall–Kier alpha value is -1.66. The predicted octanol–water partition coefficient (Wildman–Crippen LogP) is 4.14. The summed E-state index contributed by atoms with van der Waals surface area (Å²) in [5.74, 6) is 0.833. The molecule has 5 nitrogen and oxygen atoms in total. The van der Waals surface area contributed by atoms with Crippen LogP contribution in [0, 0.1) is 0 Å². The Bertz CT molecular complexity index is 668. The molecule has 1 amide bonds. The normalized spacial score (nSPS) is 19.4. The Morgan fingerprint density at radius 3 is 2.67 bits per heavy atom. The average molecular weight is 393 g/mol. The van der Waals surface area contributed by atoms with Crippen LogP contribution in [0.1, 0.15) is 39.4 Å². The van der Waals surface area contributed by atoms with Crippen LogP contribution >= 0.6 is 15.9 Å². The zero-order valence-electron chi connectivity index (χ0n) is 14.6. The van der Waals surface area contributed by atoms with E-state index >= 15 is 0 Å². The zero-order valence-corrected chi connectivity index (χ0v) is 16.1. The number of fused-ring (bicyclic) bond motifs is 2. The molecule has 1 N–H and O–H groups in total. The number of nitrogens with one attached hydrogen (secondary N) is 1. The van der Waals surface area contributed by atoms with Crippen LogP contribution in [0.15, 0.2) is 47.4 Å². The Kier molecular flexibility index (Phi) is 6.18. The van der Waals surface area contributed by atoms with E-state index in [4.69, 9.17) is 0 Å². The number of piperidine rings is 1. The van der Waals surface area contributed by atoms with Gasteiger partial charge < -0.3 is 5.32 Å². The molecular formula is C18H25BrN4O.